The van der Waals surface area contributed by atoms with E-state index < -0.39 is 0 Å². The number of benzene rings is 1. The molecule has 1 aromatic carbocycles. The summed E-state index contributed by atoms with van der Waals surface area (Å²) >= 11 is 3.37. The molecule has 2 aromatic heterocycles. The number of rotatable bonds is 7. The van der Waals surface area contributed by atoms with E-state index in [9.17, 15) is 9.59 Å². The Bertz CT molecular complexity index is 1070. The highest BCUT2D eigenvalue weighted by molar-refractivity contribution is 7.98. The number of nitrogens with zero attached hydrogens (tertiary/aromatic N) is 4. The summed E-state index contributed by atoms with van der Waals surface area (Å²) in [5, 5.41) is 9.65. The molecule has 10 heteroatoms. The molecule has 0 spiro atoms. The van der Waals surface area contributed by atoms with Gasteiger partial charge in [-0.2, -0.15) is 0 Å². The van der Waals surface area contributed by atoms with Gasteiger partial charge < -0.3 is 14.7 Å². The van der Waals surface area contributed by atoms with Crippen molar-refractivity contribution < 1.29 is 14.1 Å². The Kier molecular flexibility index (Phi) is 7.23. The lowest BCUT2D eigenvalue weighted by Crippen LogP contribution is -2.50. The zero-order valence-electron chi connectivity index (χ0n) is 18.0. The highest BCUT2D eigenvalue weighted by Gasteiger charge is 2.23. The van der Waals surface area contributed by atoms with Crippen molar-refractivity contribution in [2.75, 3.05) is 38.0 Å². The fourth-order valence-electron chi connectivity index (χ4n) is 3.43. The van der Waals surface area contributed by atoms with Gasteiger partial charge in [0.1, 0.15) is 5.76 Å². The van der Waals surface area contributed by atoms with E-state index in [1.54, 1.807) is 36.1 Å². The van der Waals surface area contributed by atoms with Crippen molar-refractivity contribution in [1.82, 2.24) is 19.9 Å². The number of amides is 2. The summed E-state index contributed by atoms with van der Waals surface area (Å²) < 4.78 is 4.95. The van der Waals surface area contributed by atoms with Crippen LogP contribution >= 0.6 is 23.1 Å². The molecule has 2 amide bonds. The van der Waals surface area contributed by atoms with E-state index in [2.05, 4.69) is 20.8 Å². The number of carbonyl (C=O) groups is 2. The quantitative estimate of drug-likeness (QED) is 0.528. The summed E-state index contributed by atoms with van der Waals surface area (Å²) in [5.41, 5.74) is 1.77. The minimum absolute atomic E-state index is 0.0267. The Morgan fingerprint density at radius 3 is 2.53 bits per heavy atom. The summed E-state index contributed by atoms with van der Waals surface area (Å²) in [6, 6.07) is 9.43. The predicted octanol–water partition coefficient (Wildman–Crippen LogP) is 3.44. The van der Waals surface area contributed by atoms with E-state index in [1.165, 1.54) is 0 Å². The van der Waals surface area contributed by atoms with Crippen molar-refractivity contribution in [1.29, 1.82) is 0 Å². The van der Waals surface area contributed by atoms with Crippen LogP contribution in [0.1, 0.15) is 26.8 Å². The van der Waals surface area contributed by atoms with Crippen LogP contribution in [-0.4, -0.2) is 64.5 Å². The fourth-order valence-corrected chi connectivity index (χ4v) is 4.94. The first-order chi connectivity index (χ1) is 15.5. The number of hydrogen-bond acceptors (Lipinski definition) is 8. The average Bonchev–Trinajstić information content (AvgIpc) is 3.40. The maximum absolute atomic E-state index is 12.9. The monoisotopic (exact) mass is 471 g/mol. The Morgan fingerprint density at radius 1 is 1.16 bits per heavy atom. The third kappa shape index (κ3) is 5.96. The molecule has 0 aliphatic carbocycles. The normalized spacial score (nSPS) is 14.5. The van der Waals surface area contributed by atoms with Crippen molar-refractivity contribution in [3.63, 3.8) is 0 Å². The van der Waals surface area contributed by atoms with Crippen molar-refractivity contribution in [2.24, 2.45) is 0 Å². The number of thiazole rings is 1. The molecule has 1 N–H and O–H groups in total. The van der Waals surface area contributed by atoms with E-state index in [1.807, 2.05) is 41.0 Å². The number of aromatic nitrogens is 2. The Morgan fingerprint density at radius 2 is 1.91 bits per heavy atom. The molecule has 8 nitrogen and oxygen atoms in total. The molecule has 0 saturated carbocycles. The van der Waals surface area contributed by atoms with E-state index in [0.717, 1.165) is 21.3 Å². The van der Waals surface area contributed by atoms with E-state index in [4.69, 9.17) is 4.52 Å². The minimum Gasteiger partial charge on any atom is -0.360 e. The number of nitrogens with one attached hydrogen (secondary N) is 1. The van der Waals surface area contributed by atoms with E-state index in [0.29, 0.717) is 43.3 Å². The first-order valence-corrected chi connectivity index (χ1v) is 12.2. The molecule has 1 fully saturated rings. The van der Waals surface area contributed by atoms with Crippen molar-refractivity contribution in [3.05, 3.63) is 57.7 Å². The van der Waals surface area contributed by atoms with Gasteiger partial charge in [-0.1, -0.05) is 5.16 Å². The van der Waals surface area contributed by atoms with Gasteiger partial charge in [0.05, 0.1) is 17.2 Å². The van der Waals surface area contributed by atoms with E-state index in [-0.39, 0.29) is 18.4 Å². The maximum Gasteiger partial charge on any atom is 0.253 e. The first-order valence-electron chi connectivity index (χ1n) is 10.3. The van der Waals surface area contributed by atoms with Gasteiger partial charge in [-0.05, 0) is 38.1 Å². The van der Waals surface area contributed by atoms with Crippen LogP contribution in [0, 0.1) is 13.8 Å². The lowest BCUT2D eigenvalue weighted by molar-refractivity contribution is -0.117. The first kappa shape index (κ1) is 22.5. The summed E-state index contributed by atoms with van der Waals surface area (Å²) in [6.07, 6.45) is 0. The van der Waals surface area contributed by atoms with Crippen LogP contribution < -0.4 is 5.32 Å². The van der Waals surface area contributed by atoms with Crippen LogP contribution in [0.2, 0.25) is 0 Å². The number of anilines is 1. The highest BCUT2D eigenvalue weighted by atomic mass is 32.2. The molecule has 0 radical (unpaired) electrons. The van der Waals surface area contributed by atoms with Crippen LogP contribution in [0.3, 0.4) is 0 Å². The molecule has 0 unspecified atom stereocenters. The molecule has 0 bridgehead atoms. The number of carbonyl (C=O) groups excluding carboxylic acids is 2. The largest absolute Gasteiger partial charge is 0.360 e. The molecule has 168 valence electrons. The van der Waals surface area contributed by atoms with Gasteiger partial charge in [0.15, 0.2) is 5.82 Å². The number of hydrogen-bond donors (Lipinski definition) is 1. The summed E-state index contributed by atoms with van der Waals surface area (Å²) in [5.74, 6) is 1.78. The van der Waals surface area contributed by atoms with Gasteiger partial charge in [-0.25, -0.2) is 4.98 Å². The van der Waals surface area contributed by atoms with Crippen molar-refractivity contribution >= 4 is 40.7 Å². The zero-order valence-corrected chi connectivity index (χ0v) is 19.7. The Hall–Kier alpha value is -2.69. The molecule has 1 aliphatic heterocycles. The lowest BCUT2D eigenvalue weighted by Gasteiger charge is -2.34. The second-order valence-electron chi connectivity index (χ2n) is 7.61. The van der Waals surface area contributed by atoms with E-state index >= 15 is 0 Å². The van der Waals surface area contributed by atoms with Gasteiger partial charge in [0.25, 0.3) is 5.91 Å². The maximum atomic E-state index is 12.9. The summed E-state index contributed by atoms with van der Waals surface area (Å²) in [4.78, 5) is 34.5. The number of aryl methyl sites for hydroxylation is 2. The Labute approximate surface area is 195 Å². The lowest BCUT2D eigenvalue weighted by atomic mass is 10.2. The van der Waals surface area contributed by atoms with Crippen LogP contribution in [-0.2, 0) is 10.5 Å². The van der Waals surface area contributed by atoms with Crippen LogP contribution in [0.15, 0.2) is 45.1 Å². The predicted molar refractivity (Wildman–Crippen MR) is 125 cm³/mol. The molecule has 3 heterocycles. The summed E-state index contributed by atoms with van der Waals surface area (Å²) in [6.45, 7) is 6.53. The van der Waals surface area contributed by atoms with Gasteiger partial charge in [0, 0.05) is 53.8 Å². The standard InChI is InChI=1S/C22H25N5O3S2/c1-15-11-20(25-30-15)24-21(28)12-26-7-9-27(10-8-26)22(29)17-3-5-19(6-4-17)32-14-18-13-31-16(2)23-18/h3-6,11,13H,7-10,12,14H2,1-2H3,(H,24,25,28). The molecule has 3 aromatic rings. The molecule has 0 atom stereocenters. The molecule has 4 rings (SSSR count). The fraction of sp³-hybridized carbons (Fsp3) is 0.364. The second kappa shape index (κ2) is 10.3. The van der Waals surface area contributed by atoms with Crippen molar-refractivity contribution in [3.8, 4) is 0 Å². The van der Waals surface area contributed by atoms with Crippen LogP contribution in [0.4, 0.5) is 5.82 Å². The SMILES string of the molecule is Cc1cc(NC(=O)CN2CCN(C(=O)c3ccc(SCc4csc(C)n4)cc3)CC2)no1. The van der Waals surface area contributed by atoms with Gasteiger partial charge in [0.2, 0.25) is 5.91 Å². The molecular weight excluding hydrogens is 446 g/mol. The number of thioether (sulfide) groups is 1. The number of piperazine rings is 1. The van der Waals surface area contributed by atoms with Gasteiger partial charge >= 0.3 is 0 Å². The molecule has 1 aliphatic rings. The van der Waals surface area contributed by atoms with Gasteiger partial charge in [-0.3, -0.25) is 14.5 Å². The highest BCUT2D eigenvalue weighted by Crippen LogP contribution is 2.24. The average molecular weight is 472 g/mol. The molecule has 32 heavy (non-hydrogen) atoms. The molecule has 1 saturated heterocycles. The topological polar surface area (TPSA) is 91.6 Å². The molecular formula is C22H25N5O3S2. The van der Waals surface area contributed by atoms with Gasteiger partial charge in [-0.15, -0.1) is 23.1 Å². The Balaban J connectivity index is 1.22. The summed E-state index contributed by atoms with van der Waals surface area (Å²) in [7, 11) is 0. The third-order valence-corrected chi connectivity index (χ3v) is 6.94. The third-order valence-electron chi connectivity index (χ3n) is 5.08. The van der Waals surface area contributed by atoms with Crippen molar-refractivity contribution in [2.45, 2.75) is 24.5 Å². The smallest absolute Gasteiger partial charge is 0.253 e. The van der Waals surface area contributed by atoms with Crippen LogP contribution in [0.25, 0.3) is 0 Å². The second-order valence-corrected chi connectivity index (χ2v) is 9.72. The minimum atomic E-state index is -0.140. The van der Waals surface area contributed by atoms with Crippen LogP contribution in [0.5, 0.6) is 0 Å². The zero-order chi connectivity index (χ0) is 22.5.